The summed E-state index contributed by atoms with van der Waals surface area (Å²) in [6.07, 6.45) is 14.6. The van der Waals surface area contributed by atoms with Gasteiger partial charge in [-0.1, -0.05) is 67.2 Å². The minimum atomic E-state index is -0.344. The molecule has 5 fully saturated rings. The molecular formula is C40H76O10. The molecule has 11 atom stereocenters. The molecule has 0 aromatic heterocycles. The van der Waals surface area contributed by atoms with Gasteiger partial charge in [-0.15, -0.1) is 0 Å². The maximum absolute atomic E-state index is 6.77. The Morgan fingerprint density at radius 1 is 0.580 bits per heavy atom. The SMILES string of the molecule is CC1CCCO1.CCC.CCCCC(OCC(OC1CCCO1)C(OC1CCCO1)C(C)C(COC1CCCO1)OC1CCCO1)C(C)CC. The summed E-state index contributed by atoms with van der Waals surface area (Å²) in [5, 5.41) is 0. The first-order chi connectivity index (χ1) is 24.4. The molecule has 10 heteroatoms. The van der Waals surface area contributed by atoms with Crippen LogP contribution in [0.4, 0.5) is 0 Å². The lowest BCUT2D eigenvalue weighted by Gasteiger charge is -2.39. The fraction of sp³-hybridized carbons (Fsp3) is 1.00. The molecule has 296 valence electrons. The standard InChI is InChI=1S/C32H58O9.C5H10O.C3H8/c1-5-7-12-25(23(3)6-2)37-22-27(40-30-15-10-19-35-30)32(41-31-16-11-20-36-31)24(4)26(39-29-14-9-18-34-29)21-38-28-13-8-17-33-28;1-5-3-2-4-6-5;1-3-2/h23-32H,5-22H2,1-4H3;5H,2-4H2,1H3;3H2,1-2H3. The molecule has 0 bridgehead atoms. The molecule has 5 aliphatic rings. The largest absolute Gasteiger partial charge is 0.379 e. The summed E-state index contributed by atoms with van der Waals surface area (Å²) in [7, 11) is 0. The van der Waals surface area contributed by atoms with Gasteiger partial charge >= 0.3 is 0 Å². The molecule has 0 N–H and O–H groups in total. The summed E-state index contributed by atoms with van der Waals surface area (Å²) in [5.41, 5.74) is 0. The average molecular weight is 717 g/mol. The van der Waals surface area contributed by atoms with Crippen molar-refractivity contribution in [3.05, 3.63) is 0 Å². The third kappa shape index (κ3) is 16.7. The Balaban J connectivity index is 0.000000659. The lowest BCUT2D eigenvalue weighted by molar-refractivity contribution is -0.261. The van der Waals surface area contributed by atoms with Crippen LogP contribution in [0, 0.1) is 11.8 Å². The van der Waals surface area contributed by atoms with E-state index in [9.17, 15) is 0 Å². The van der Waals surface area contributed by atoms with Crippen molar-refractivity contribution in [2.45, 2.75) is 200 Å². The first kappa shape index (κ1) is 44.0. The second kappa shape index (κ2) is 26.4. The Kier molecular flexibility index (Phi) is 23.2. The van der Waals surface area contributed by atoms with E-state index in [0.29, 0.717) is 31.8 Å². The summed E-state index contributed by atoms with van der Waals surface area (Å²) in [4.78, 5) is 0. The maximum atomic E-state index is 6.77. The van der Waals surface area contributed by atoms with E-state index in [4.69, 9.17) is 47.4 Å². The van der Waals surface area contributed by atoms with Gasteiger partial charge in [-0.2, -0.15) is 0 Å². The number of unbranched alkanes of at least 4 members (excludes halogenated alkanes) is 1. The zero-order valence-electron chi connectivity index (χ0n) is 33.0. The Morgan fingerprint density at radius 2 is 1.08 bits per heavy atom. The topological polar surface area (TPSA) is 92.3 Å². The van der Waals surface area contributed by atoms with E-state index in [1.165, 1.54) is 19.3 Å². The van der Waals surface area contributed by atoms with Crippen molar-refractivity contribution in [1.82, 2.24) is 0 Å². The highest BCUT2D eigenvalue weighted by molar-refractivity contribution is 4.85. The van der Waals surface area contributed by atoms with E-state index >= 15 is 0 Å². The van der Waals surface area contributed by atoms with E-state index in [1.54, 1.807) is 0 Å². The summed E-state index contributed by atoms with van der Waals surface area (Å²) < 4.78 is 61.7. The number of rotatable bonds is 20. The highest BCUT2D eigenvalue weighted by Crippen LogP contribution is 2.31. The van der Waals surface area contributed by atoms with Crippen LogP contribution < -0.4 is 0 Å². The third-order valence-corrected chi connectivity index (χ3v) is 10.2. The van der Waals surface area contributed by atoms with E-state index < -0.39 is 0 Å². The zero-order valence-corrected chi connectivity index (χ0v) is 33.0. The van der Waals surface area contributed by atoms with Crippen molar-refractivity contribution >= 4 is 0 Å². The lowest BCUT2D eigenvalue weighted by Crippen LogP contribution is -2.50. The molecule has 5 rings (SSSR count). The number of ether oxygens (including phenoxy) is 10. The first-order valence-corrected chi connectivity index (χ1v) is 20.7. The van der Waals surface area contributed by atoms with Gasteiger partial charge in [0.25, 0.3) is 0 Å². The molecule has 50 heavy (non-hydrogen) atoms. The Morgan fingerprint density at radius 3 is 1.52 bits per heavy atom. The Bertz CT molecular complexity index is 789. The van der Waals surface area contributed by atoms with Gasteiger partial charge in [0.1, 0.15) is 6.10 Å². The van der Waals surface area contributed by atoms with Gasteiger partial charge in [-0.3, -0.25) is 0 Å². The highest BCUT2D eigenvalue weighted by atomic mass is 16.7. The van der Waals surface area contributed by atoms with Gasteiger partial charge < -0.3 is 47.4 Å². The molecule has 0 saturated carbocycles. The molecule has 0 spiro atoms. The summed E-state index contributed by atoms with van der Waals surface area (Å²) in [6, 6.07) is 0. The van der Waals surface area contributed by atoms with Crippen molar-refractivity contribution in [2.75, 3.05) is 46.2 Å². The molecule has 0 aromatic carbocycles. The molecule has 0 amide bonds. The van der Waals surface area contributed by atoms with Crippen molar-refractivity contribution in [3.63, 3.8) is 0 Å². The highest BCUT2D eigenvalue weighted by Gasteiger charge is 2.41. The van der Waals surface area contributed by atoms with Crippen LogP contribution in [0.2, 0.25) is 0 Å². The summed E-state index contributed by atoms with van der Waals surface area (Å²) >= 11 is 0. The van der Waals surface area contributed by atoms with Crippen LogP contribution in [0.1, 0.15) is 145 Å². The van der Waals surface area contributed by atoms with Gasteiger partial charge in [-0.05, 0) is 57.8 Å². The fourth-order valence-electron chi connectivity index (χ4n) is 6.86. The zero-order chi connectivity index (χ0) is 36.0. The van der Waals surface area contributed by atoms with E-state index in [2.05, 4.69) is 48.5 Å². The van der Waals surface area contributed by atoms with E-state index in [-0.39, 0.29) is 55.5 Å². The second-order valence-electron chi connectivity index (χ2n) is 14.8. The predicted octanol–water partition coefficient (Wildman–Crippen LogP) is 8.56. The van der Waals surface area contributed by atoms with Crippen molar-refractivity contribution < 1.29 is 47.4 Å². The first-order valence-electron chi connectivity index (χ1n) is 20.7. The van der Waals surface area contributed by atoms with Gasteiger partial charge in [0.05, 0.1) is 37.6 Å². The van der Waals surface area contributed by atoms with Crippen LogP contribution in [0.25, 0.3) is 0 Å². The minimum absolute atomic E-state index is 0.0857. The van der Waals surface area contributed by atoms with Crippen LogP contribution in [-0.4, -0.2) is 102 Å². The van der Waals surface area contributed by atoms with Crippen molar-refractivity contribution in [3.8, 4) is 0 Å². The fourth-order valence-corrected chi connectivity index (χ4v) is 6.86. The van der Waals surface area contributed by atoms with Crippen LogP contribution in [0.15, 0.2) is 0 Å². The summed E-state index contributed by atoms with van der Waals surface area (Å²) in [6.45, 7) is 20.0. The molecule has 0 radical (unpaired) electrons. The molecule has 11 unspecified atom stereocenters. The molecule has 0 aromatic rings. The molecule has 10 nitrogen and oxygen atoms in total. The van der Waals surface area contributed by atoms with Gasteiger partial charge in [-0.25, -0.2) is 0 Å². The maximum Gasteiger partial charge on any atom is 0.158 e. The van der Waals surface area contributed by atoms with Gasteiger partial charge in [0, 0.05) is 64.6 Å². The second-order valence-corrected chi connectivity index (χ2v) is 14.8. The summed E-state index contributed by atoms with van der Waals surface area (Å²) in [5.74, 6) is 0.382. The number of hydrogen-bond acceptors (Lipinski definition) is 10. The molecule has 5 heterocycles. The average Bonchev–Trinajstić information content (AvgIpc) is 3.97. The van der Waals surface area contributed by atoms with Crippen LogP contribution in [-0.2, 0) is 47.4 Å². The van der Waals surface area contributed by atoms with Crippen LogP contribution in [0.3, 0.4) is 0 Å². The van der Waals surface area contributed by atoms with Gasteiger partial charge in [0.15, 0.2) is 25.2 Å². The molecular weight excluding hydrogens is 640 g/mol. The van der Waals surface area contributed by atoms with E-state index in [1.807, 2.05) is 0 Å². The minimum Gasteiger partial charge on any atom is -0.379 e. The molecule has 5 aliphatic heterocycles. The normalized spacial score (nSPS) is 30.2. The molecule has 0 aliphatic carbocycles. The van der Waals surface area contributed by atoms with E-state index in [0.717, 1.165) is 103 Å². The lowest BCUT2D eigenvalue weighted by atomic mass is 9.93. The monoisotopic (exact) mass is 717 g/mol. The smallest absolute Gasteiger partial charge is 0.158 e. The number of hydrogen-bond donors (Lipinski definition) is 0. The van der Waals surface area contributed by atoms with Crippen LogP contribution >= 0.6 is 0 Å². The van der Waals surface area contributed by atoms with Crippen LogP contribution in [0.5, 0.6) is 0 Å². The van der Waals surface area contributed by atoms with Gasteiger partial charge in [0.2, 0.25) is 0 Å². The quantitative estimate of drug-likeness (QED) is 0.122. The Hall–Kier alpha value is -0.400. The molecule has 5 saturated heterocycles. The predicted molar refractivity (Wildman–Crippen MR) is 195 cm³/mol. The van der Waals surface area contributed by atoms with Crippen molar-refractivity contribution in [1.29, 1.82) is 0 Å². The third-order valence-electron chi connectivity index (χ3n) is 10.2. The Labute approximate surface area is 305 Å². The van der Waals surface area contributed by atoms with Crippen molar-refractivity contribution in [2.24, 2.45) is 11.8 Å².